The molecule has 4 rings (SSSR count). The summed E-state index contributed by atoms with van der Waals surface area (Å²) in [5.41, 5.74) is 2.87. The van der Waals surface area contributed by atoms with E-state index in [4.69, 9.17) is 4.74 Å². The molecule has 146 valence electrons. The molecular weight excluding hydrogens is 342 g/mol. The molecule has 1 saturated carbocycles. The molecule has 3 heterocycles. The van der Waals surface area contributed by atoms with Gasteiger partial charge in [-0.25, -0.2) is 0 Å². The van der Waals surface area contributed by atoms with Gasteiger partial charge >= 0.3 is 0 Å². The van der Waals surface area contributed by atoms with Gasteiger partial charge in [0.25, 0.3) is 5.91 Å². The third-order valence-electron chi connectivity index (χ3n) is 5.89. The Labute approximate surface area is 160 Å². The Hall–Kier alpha value is -2.15. The lowest BCUT2D eigenvalue weighted by atomic mass is 10.1. The number of rotatable bonds is 6. The summed E-state index contributed by atoms with van der Waals surface area (Å²) >= 11 is 0. The van der Waals surface area contributed by atoms with Crippen LogP contribution in [0.1, 0.15) is 65.0 Å². The van der Waals surface area contributed by atoms with Crippen LogP contribution in [0.2, 0.25) is 0 Å². The zero-order valence-corrected chi connectivity index (χ0v) is 16.5. The van der Waals surface area contributed by atoms with Crippen LogP contribution in [0, 0.1) is 13.8 Å². The van der Waals surface area contributed by atoms with Crippen LogP contribution < -0.4 is 5.32 Å². The molecule has 2 aromatic rings. The fraction of sp³-hybridized carbons (Fsp3) is 0.650. The van der Waals surface area contributed by atoms with Gasteiger partial charge in [0.05, 0.1) is 12.2 Å². The number of ether oxygens (including phenoxy) is 1. The Morgan fingerprint density at radius 3 is 2.81 bits per heavy atom. The van der Waals surface area contributed by atoms with Crippen molar-refractivity contribution in [3.63, 3.8) is 0 Å². The van der Waals surface area contributed by atoms with Gasteiger partial charge in [-0.2, -0.15) is 0 Å². The molecule has 2 aliphatic rings. The molecule has 0 bridgehead atoms. The number of carbonyl (C=O) groups excluding carboxylic acids is 1. The first-order valence-corrected chi connectivity index (χ1v) is 9.97. The van der Waals surface area contributed by atoms with E-state index in [-0.39, 0.29) is 11.9 Å². The van der Waals surface area contributed by atoms with Crippen molar-refractivity contribution in [1.82, 2.24) is 24.6 Å². The highest BCUT2D eigenvalue weighted by Gasteiger charge is 2.31. The molecule has 0 radical (unpaired) electrons. The lowest BCUT2D eigenvalue weighted by Crippen LogP contribution is -2.35. The molecule has 1 N–H and O–H groups in total. The molecule has 27 heavy (non-hydrogen) atoms. The van der Waals surface area contributed by atoms with E-state index in [1.807, 2.05) is 19.9 Å². The van der Waals surface area contributed by atoms with E-state index in [2.05, 4.69) is 24.6 Å². The third kappa shape index (κ3) is 3.65. The minimum Gasteiger partial charge on any atom is -0.383 e. The highest BCUT2D eigenvalue weighted by atomic mass is 16.5. The summed E-state index contributed by atoms with van der Waals surface area (Å²) in [5.74, 6) is 2.86. The molecule has 0 spiro atoms. The lowest BCUT2D eigenvalue weighted by molar-refractivity contribution is 0.0932. The minimum absolute atomic E-state index is 0.0249. The molecule has 0 saturated heterocycles. The minimum atomic E-state index is 0.0249. The van der Waals surface area contributed by atoms with Gasteiger partial charge in [-0.3, -0.25) is 4.79 Å². The Bertz CT molecular complexity index is 834. The topological polar surface area (TPSA) is 74.0 Å². The van der Waals surface area contributed by atoms with Gasteiger partial charge in [0.1, 0.15) is 11.6 Å². The zero-order valence-electron chi connectivity index (χ0n) is 16.5. The van der Waals surface area contributed by atoms with E-state index in [0.717, 1.165) is 61.0 Å². The van der Waals surface area contributed by atoms with Gasteiger partial charge in [0, 0.05) is 50.0 Å². The molecule has 1 unspecified atom stereocenters. The van der Waals surface area contributed by atoms with E-state index < -0.39 is 0 Å². The first-order chi connectivity index (χ1) is 13.1. The average molecular weight is 371 g/mol. The molecule has 1 aliphatic carbocycles. The molecule has 2 aromatic heterocycles. The number of nitrogens with zero attached hydrogens (tertiary/aromatic N) is 4. The van der Waals surface area contributed by atoms with Crippen LogP contribution in [-0.4, -0.2) is 45.0 Å². The van der Waals surface area contributed by atoms with Crippen LogP contribution in [0.3, 0.4) is 0 Å². The number of carbonyl (C=O) groups is 1. The maximum atomic E-state index is 12.9. The Kier molecular flexibility index (Phi) is 5.04. The van der Waals surface area contributed by atoms with Crippen molar-refractivity contribution in [3.8, 4) is 0 Å². The fourth-order valence-electron chi connectivity index (χ4n) is 4.12. The van der Waals surface area contributed by atoms with Crippen molar-refractivity contribution >= 4 is 5.91 Å². The highest BCUT2D eigenvalue weighted by Crippen LogP contribution is 2.39. The molecule has 1 aliphatic heterocycles. The number of nitrogens with one attached hydrogen (secondary N) is 1. The van der Waals surface area contributed by atoms with E-state index in [9.17, 15) is 4.79 Å². The summed E-state index contributed by atoms with van der Waals surface area (Å²) in [6.45, 7) is 6.35. The van der Waals surface area contributed by atoms with Crippen molar-refractivity contribution in [2.45, 2.75) is 71.0 Å². The van der Waals surface area contributed by atoms with Crippen LogP contribution in [-0.2, 0) is 24.2 Å². The number of aromatic nitrogens is 4. The van der Waals surface area contributed by atoms with Crippen molar-refractivity contribution in [3.05, 3.63) is 34.7 Å². The van der Waals surface area contributed by atoms with Gasteiger partial charge in [0.2, 0.25) is 0 Å². The first-order valence-electron chi connectivity index (χ1n) is 9.97. The number of hydrogen-bond acceptors (Lipinski definition) is 4. The molecule has 1 amide bonds. The van der Waals surface area contributed by atoms with E-state index in [1.165, 1.54) is 12.8 Å². The summed E-state index contributed by atoms with van der Waals surface area (Å²) in [6, 6.07) is 2.16. The smallest absolute Gasteiger partial charge is 0.253 e. The normalized spacial score (nSPS) is 19.6. The van der Waals surface area contributed by atoms with E-state index >= 15 is 0 Å². The average Bonchev–Trinajstić information content (AvgIpc) is 3.39. The zero-order chi connectivity index (χ0) is 19.0. The van der Waals surface area contributed by atoms with Crippen LogP contribution >= 0.6 is 0 Å². The number of fused-ring (bicyclic) bond motifs is 1. The van der Waals surface area contributed by atoms with Gasteiger partial charge in [-0.1, -0.05) is 0 Å². The van der Waals surface area contributed by atoms with Crippen LogP contribution in [0.25, 0.3) is 0 Å². The number of hydrogen-bond donors (Lipinski definition) is 1. The maximum Gasteiger partial charge on any atom is 0.253 e. The van der Waals surface area contributed by atoms with Crippen LogP contribution in [0.15, 0.2) is 6.07 Å². The molecule has 0 aromatic carbocycles. The maximum absolute atomic E-state index is 12.9. The third-order valence-corrected chi connectivity index (χ3v) is 5.89. The second-order valence-corrected chi connectivity index (χ2v) is 7.83. The van der Waals surface area contributed by atoms with Gasteiger partial charge in [0.15, 0.2) is 0 Å². The van der Waals surface area contributed by atoms with E-state index in [0.29, 0.717) is 12.5 Å². The monoisotopic (exact) mass is 371 g/mol. The SMILES string of the molecule is COCCn1c(C)cc(C(=O)NC2CCc3nnc(C4CC4)n3CC2)c1C. The second kappa shape index (κ2) is 7.46. The summed E-state index contributed by atoms with van der Waals surface area (Å²) in [6.07, 6.45) is 5.18. The molecule has 1 atom stereocenters. The Morgan fingerprint density at radius 2 is 2.07 bits per heavy atom. The standard InChI is InChI=1S/C20H29N5O2/c1-13-12-17(14(2)24(13)10-11-27-3)20(26)21-16-6-7-18-22-23-19(15-4-5-15)25(18)9-8-16/h12,15-16H,4-11H2,1-3H3,(H,21,26). The van der Waals surface area contributed by atoms with Gasteiger partial charge in [-0.15, -0.1) is 10.2 Å². The largest absolute Gasteiger partial charge is 0.383 e. The number of aryl methyl sites for hydroxylation is 2. The Balaban J connectivity index is 1.42. The quantitative estimate of drug-likeness (QED) is 0.846. The molecule has 1 fully saturated rings. The predicted molar refractivity (Wildman–Crippen MR) is 102 cm³/mol. The number of amides is 1. The van der Waals surface area contributed by atoms with Crippen LogP contribution in [0.4, 0.5) is 0 Å². The summed E-state index contributed by atoms with van der Waals surface area (Å²) in [4.78, 5) is 12.9. The highest BCUT2D eigenvalue weighted by molar-refractivity contribution is 5.95. The Morgan fingerprint density at radius 1 is 1.26 bits per heavy atom. The molecular formula is C20H29N5O2. The fourth-order valence-corrected chi connectivity index (χ4v) is 4.12. The van der Waals surface area contributed by atoms with E-state index in [1.54, 1.807) is 7.11 Å². The van der Waals surface area contributed by atoms with Crippen molar-refractivity contribution in [1.29, 1.82) is 0 Å². The predicted octanol–water partition coefficient (Wildman–Crippen LogP) is 2.36. The number of methoxy groups -OCH3 is 1. The van der Waals surface area contributed by atoms with Crippen molar-refractivity contribution in [2.75, 3.05) is 13.7 Å². The summed E-state index contributed by atoms with van der Waals surface area (Å²) in [5, 5.41) is 12.0. The van der Waals surface area contributed by atoms with Gasteiger partial charge < -0.3 is 19.2 Å². The summed E-state index contributed by atoms with van der Waals surface area (Å²) in [7, 11) is 1.70. The molecule has 7 heteroatoms. The summed E-state index contributed by atoms with van der Waals surface area (Å²) < 4.78 is 9.62. The first kappa shape index (κ1) is 18.2. The second-order valence-electron chi connectivity index (χ2n) is 7.83. The van der Waals surface area contributed by atoms with Crippen LogP contribution in [0.5, 0.6) is 0 Å². The molecule has 7 nitrogen and oxygen atoms in total. The van der Waals surface area contributed by atoms with Crippen molar-refractivity contribution < 1.29 is 9.53 Å². The van der Waals surface area contributed by atoms with Gasteiger partial charge in [-0.05, 0) is 45.6 Å². The van der Waals surface area contributed by atoms with Crippen molar-refractivity contribution in [2.24, 2.45) is 0 Å². The lowest BCUT2D eigenvalue weighted by Gasteiger charge is -2.16.